The summed E-state index contributed by atoms with van der Waals surface area (Å²) in [6, 6.07) is 6.45. The van der Waals surface area contributed by atoms with Gasteiger partial charge in [0.1, 0.15) is 5.78 Å². The zero-order valence-corrected chi connectivity index (χ0v) is 10.9. The van der Waals surface area contributed by atoms with Crippen LogP contribution in [0.3, 0.4) is 0 Å². The maximum atomic E-state index is 11.4. The van der Waals surface area contributed by atoms with Crippen LogP contribution in [0.25, 0.3) is 0 Å². The smallest absolute Gasteiger partial charge is 0.132 e. The topological polar surface area (TPSA) is 37.3 Å². The number of rotatable bonds is 1. The Morgan fingerprint density at radius 3 is 2.72 bits per heavy atom. The van der Waals surface area contributed by atoms with Gasteiger partial charge in [0.15, 0.2) is 0 Å². The molecule has 1 spiro atoms. The predicted octanol–water partition coefficient (Wildman–Crippen LogP) is 2.97. The molecule has 2 aliphatic carbocycles. The molecule has 1 atom stereocenters. The summed E-state index contributed by atoms with van der Waals surface area (Å²) in [5.74, 6) is 0.359. The number of fused-ring (bicyclic) bond motifs is 1. The van der Waals surface area contributed by atoms with E-state index in [4.69, 9.17) is 0 Å². The van der Waals surface area contributed by atoms with Gasteiger partial charge in [0, 0.05) is 18.3 Å². The molecule has 0 aromatic heterocycles. The van der Waals surface area contributed by atoms with Crippen molar-refractivity contribution >= 4 is 5.78 Å². The molecule has 1 saturated carbocycles. The Labute approximate surface area is 108 Å². The Kier molecular flexibility index (Phi) is 2.78. The first-order valence-corrected chi connectivity index (χ1v) is 6.96. The molecule has 96 valence electrons. The summed E-state index contributed by atoms with van der Waals surface area (Å²) in [5, 5.41) is 10.6. The van der Waals surface area contributed by atoms with Crippen molar-refractivity contribution in [1.82, 2.24) is 0 Å². The lowest BCUT2D eigenvalue weighted by Crippen LogP contribution is -2.31. The second-order valence-electron chi connectivity index (χ2n) is 5.87. The third-order valence-electron chi connectivity index (χ3n) is 4.84. The van der Waals surface area contributed by atoms with E-state index in [1.807, 2.05) is 0 Å². The molecule has 1 fully saturated rings. The van der Waals surface area contributed by atoms with Crippen LogP contribution in [-0.2, 0) is 17.6 Å². The number of aryl methyl sites for hydroxylation is 1. The lowest BCUT2D eigenvalue weighted by atomic mass is 9.70. The lowest BCUT2D eigenvalue weighted by molar-refractivity contribution is -0.124. The van der Waals surface area contributed by atoms with Crippen LogP contribution in [0.1, 0.15) is 55.4 Å². The third kappa shape index (κ3) is 1.71. The molecular formula is C16H20O2. The highest BCUT2D eigenvalue weighted by atomic mass is 16.3. The molecule has 0 heterocycles. The minimum absolute atomic E-state index is 0.0530. The number of Topliss-reactive ketones (excluding diaryl/α,β-unsaturated/α-hetero) is 1. The largest absolute Gasteiger partial charge is 0.388 e. The Hall–Kier alpha value is -1.15. The maximum absolute atomic E-state index is 11.4. The minimum Gasteiger partial charge on any atom is -0.388 e. The zero-order valence-electron chi connectivity index (χ0n) is 10.9. The summed E-state index contributed by atoms with van der Waals surface area (Å²) < 4.78 is 0. The Morgan fingerprint density at radius 2 is 2.06 bits per heavy atom. The molecule has 0 bridgehead atoms. The van der Waals surface area contributed by atoms with Crippen LogP contribution in [0.5, 0.6) is 0 Å². The molecule has 0 radical (unpaired) electrons. The summed E-state index contributed by atoms with van der Waals surface area (Å²) in [7, 11) is 0. The molecule has 0 amide bonds. The van der Waals surface area contributed by atoms with E-state index in [2.05, 4.69) is 25.1 Å². The average Bonchev–Trinajstić information content (AvgIpc) is 2.66. The Balaban J connectivity index is 1.93. The predicted molar refractivity (Wildman–Crippen MR) is 70.4 cm³/mol. The molecule has 2 heteroatoms. The molecule has 1 unspecified atom stereocenters. The molecular weight excluding hydrogens is 224 g/mol. The summed E-state index contributed by atoms with van der Waals surface area (Å²) in [4.78, 5) is 11.4. The molecule has 2 nitrogen and oxygen atoms in total. The van der Waals surface area contributed by atoms with Crippen LogP contribution in [0.15, 0.2) is 18.2 Å². The standard InChI is InChI=1S/C16H20O2/c1-2-11-3-4-14-12(9-11)10-16(15(14)18)7-5-13(17)6-8-16/h3-4,9,15,18H,2,5-8,10H2,1H3. The number of benzene rings is 1. The minimum atomic E-state index is -0.369. The Morgan fingerprint density at radius 1 is 1.33 bits per heavy atom. The van der Waals surface area contributed by atoms with Crippen LogP contribution >= 0.6 is 0 Å². The molecule has 2 aliphatic rings. The fraction of sp³-hybridized carbons (Fsp3) is 0.562. The monoisotopic (exact) mass is 244 g/mol. The molecule has 0 saturated heterocycles. The fourth-order valence-electron chi connectivity index (χ4n) is 3.58. The summed E-state index contributed by atoms with van der Waals surface area (Å²) in [6.07, 6.45) is 4.61. The highest BCUT2D eigenvalue weighted by Crippen LogP contribution is 2.53. The first-order chi connectivity index (χ1) is 8.64. The van der Waals surface area contributed by atoms with Crippen molar-refractivity contribution in [2.24, 2.45) is 5.41 Å². The van der Waals surface area contributed by atoms with Crippen molar-refractivity contribution in [1.29, 1.82) is 0 Å². The highest BCUT2D eigenvalue weighted by molar-refractivity contribution is 5.79. The number of aliphatic hydroxyl groups excluding tert-OH is 1. The van der Waals surface area contributed by atoms with Crippen LogP contribution in [0.2, 0.25) is 0 Å². The number of hydrogen-bond acceptors (Lipinski definition) is 2. The summed E-state index contributed by atoms with van der Waals surface area (Å²) in [6.45, 7) is 2.15. The Bertz CT molecular complexity index is 480. The molecule has 0 aliphatic heterocycles. The normalized spacial score (nSPS) is 25.4. The van der Waals surface area contributed by atoms with Gasteiger partial charge >= 0.3 is 0 Å². The van der Waals surface area contributed by atoms with Gasteiger partial charge in [-0.05, 0) is 42.4 Å². The maximum Gasteiger partial charge on any atom is 0.132 e. The van der Waals surface area contributed by atoms with Crippen LogP contribution < -0.4 is 0 Å². The van der Waals surface area contributed by atoms with Crippen molar-refractivity contribution in [2.45, 2.75) is 51.6 Å². The van der Waals surface area contributed by atoms with E-state index < -0.39 is 0 Å². The lowest BCUT2D eigenvalue weighted by Gasteiger charge is -2.36. The molecule has 1 aromatic rings. The zero-order chi connectivity index (χ0) is 12.8. The van der Waals surface area contributed by atoms with Gasteiger partial charge in [-0.25, -0.2) is 0 Å². The van der Waals surface area contributed by atoms with Gasteiger partial charge in [-0.2, -0.15) is 0 Å². The first-order valence-electron chi connectivity index (χ1n) is 6.96. The first kappa shape index (κ1) is 11.9. The third-order valence-corrected chi connectivity index (χ3v) is 4.84. The number of ketones is 1. The van der Waals surface area contributed by atoms with Gasteiger partial charge < -0.3 is 5.11 Å². The van der Waals surface area contributed by atoms with E-state index in [1.165, 1.54) is 11.1 Å². The van der Waals surface area contributed by atoms with E-state index in [0.717, 1.165) is 31.2 Å². The molecule has 3 rings (SSSR count). The van der Waals surface area contributed by atoms with E-state index in [1.54, 1.807) is 0 Å². The van der Waals surface area contributed by atoms with Crippen LogP contribution in [-0.4, -0.2) is 10.9 Å². The second kappa shape index (κ2) is 4.20. The number of carbonyl (C=O) groups is 1. The van der Waals surface area contributed by atoms with Gasteiger partial charge in [-0.1, -0.05) is 25.1 Å². The summed E-state index contributed by atoms with van der Waals surface area (Å²) >= 11 is 0. The number of carbonyl (C=O) groups excluding carboxylic acids is 1. The van der Waals surface area contributed by atoms with E-state index in [0.29, 0.717) is 18.6 Å². The second-order valence-corrected chi connectivity index (χ2v) is 5.87. The highest BCUT2D eigenvalue weighted by Gasteiger charge is 2.46. The van der Waals surface area contributed by atoms with Crippen LogP contribution in [0, 0.1) is 5.41 Å². The van der Waals surface area contributed by atoms with Gasteiger partial charge in [0.25, 0.3) is 0 Å². The van der Waals surface area contributed by atoms with Crippen molar-refractivity contribution < 1.29 is 9.90 Å². The number of aliphatic hydroxyl groups is 1. The quantitative estimate of drug-likeness (QED) is 0.824. The van der Waals surface area contributed by atoms with Crippen molar-refractivity contribution in [2.75, 3.05) is 0 Å². The average molecular weight is 244 g/mol. The van der Waals surface area contributed by atoms with Crippen molar-refractivity contribution in [3.8, 4) is 0 Å². The van der Waals surface area contributed by atoms with Crippen molar-refractivity contribution in [3.63, 3.8) is 0 Å². The van der Waals surface area contributed by atoms with E-state index in [-0.39, 0.29) is 11.5 Å². The van der Waals surface area contributed by atoms with Gasteiger partial charge in [0.05, 0.1) is 6.10 Å². The number of hydrogen-bond donors (Lipinski definition) is 1. The van der Waals surface area contributed by atoms with E-state index >= 15 is 0 Å². The van der Waals surface area contributed by atoms with E-state index in [9.17, 15) is 9.90 Å². The SMILES string of the molecule is CCc1ccc2c(c1)CC1(CCC(=O)CC1)C2O. The fourth-order valence-corrected chi connectivity index (χ4v) is 3.58. The van der Waals surface area contributed by atoms with Gasteiger partial charge in [-0.3, -0.25) is 4.79 Å². The van der Waals surface area contributed by atoms with Crippen LogP contribution in [0.4, 0.5) is 0 Å². The molecule has 1 aromatic carbocycles. The molecule has 1 N–H and O–H groups in total. The van der Waals surface area contributed by atoms with Gasteiger partial charge in [-0.15, -0.1) is 0 Å². The van der Waals surface area contributed by atoms with Crippen molar-refractivity contribution in [3.05, 3.63) is 34.9 Å². The molecule has 18 heavy (non-hydrogen) atoms. The van der Waals surface area contributed by atoms with Gasteiger partial charge in [0.2, 0.25) is 0 Å². The summed E-state index contributed by atoms with van der Waals surface area (Å²) in [5.41, 5.74) is 3.69.